The van der Waals surface area contributed by atoms with Gasteiger partial charge in [-0.3, -0.25) is 0 Å². The van der Waals surface area contributed by atoms with Crippen molar-refractivity contribution in [2.75, 3.05) is 7.11 Å². The molecular weight excluding hydrogens is 566 g/mol. The van der Waals surface area contributed by atoms with Gasteiger partial charge in [-0.15, -0.1) is 11.3 Å². The quantitative estimate of drug-likeness (QED) is 0.142. The van der Waals surface area contributed by atoms with Crippen LogP contribution in [0.4, 0.5) is 35.1 Å². The molecule has 0 spiro atoms. The molecule has 1 aromatic heterocycles. The fourth-order valence-corrected chi connectivity index (χ4v) is 5.05. The van der Waals surface area contributed by atoms with Crippen molar-refractivity contribution in [2.24, 2.45) is 0 Å². The molecule has 206 valence electrons. The lowest BCUT2D eigenvalue weighted by Crippen LogP contribution is -2.25. The molecule has 1 heterocycles. The third-order valence-electron chi connectivity index (χ3n) is 5.83. The standard InChI is InChI=1S/C28H15F8NO2S/c1-38-12-13-2-5-23-24(6-13)40-27(37-23)14-3-4-17(18(29)7-14)15-8-19(30)25(20(31)9-15)28(35,36)39-16-10-21(32)26(34)22(33)11-16/h2-11H,12H2,1H3. The van der Waals surface area contributed by atoms with Crippen LogP contribution in [0.25, 0.3) is 31.9 Å². The Morgan fingerprint density at radius 1 is 0.750 bits per heavy atom. The Labute approximate surface area is 225 Å². The summed E-state index contributed by atoms with van der Waals surface area (Å²) in [7, 11) is 1.57. The predicted molar refractivity (Wildman–Crippen MR) is 132 cm³/mol. The highest BCUT2D eigenvalue weighted by Gasteiger charge is 2.41. The fraction of sp³-hybridized carbons (Fsp3) is 0.107. The molecular formula is C28H15F8NO2S. The van der Waals surface area contributed by atoms with Crippen LogP contribution in [0.2, 0.25) is 0 Å². The minimum Gasteiger partial charge on any atom is -0.429 e. The second-order valence-electron chi connectivity index (χ2n) is 8.58. The molecule has 0 amide bonds. The van der Waals surface area contributed by atoms with Gasteiger partial charge in [-0.1, -0.05) is 18.2 Å². The van der Waals surface area contributed by atoms with Gasteiger partial charge in [0.15, 0.2) is 17.5 Å². The number of methoxy groups -OCH3 is 1. The summed E-state index contributed by atoms with van der Waals surface area (Å²) >= 11 is 1.30. The zero-order chi connectivity index (χ0) is 28.8. The smallest absolute Gasteiger partial charge is 0.429 e. The Morgan fingerprint density at radius 3 is 2.02 bits per heavy atom. The van der Waals surface area contributed by atoms with Gasteiger partial charge < -0.3 is 9.47 Å². The third-order valence-corrected chi connectivity index (χ3v) is 6.89. The molecule has 0 saturated heterocycles. The van der Waals surface area contributed by atoms with Crippen LogP contribution in [0.1, 0.15) is 11.1 Å². The first-order valence-corrected chi connectivity index (χ1v) is 12.2. The molecule has 4 aromatic carbocycles. The number of benzene rings is 4. The highest BCUT2D eigenvalue weighted by molar-refractivity contribution is 7.21. The lowest BCUT2D eigenvalue weighted by Gasteiger charge is -2.20. The van der Waals surface area contributed by atoms with Crippen molar-refractivity contribution in [2.45, 2.75) is 12.7 Å². The highest BCUT2D eigenvalue weighted by Crippen LogP contribution is 2.39. The van der Waals surface area contributed by atoms with Crippen molar-refractivity contribution in [3.8, 4) is 27.4 Å². The Kier molecular flexibility index (Phi) is 7.23. The number of alkyl halides is 2. The van der Waals surface area contributed by atoms with Crippen molar-refractivity contribution in [3.05, 3.63) is 107 Å². The number of halogens is 8. The molecule has 12 heteroatoms. The molecule has 0 N–H and O–H groups in total. The highest BCUT2D eigenvalue weighted by atomic mass is 32.1. The summed E-state index contributed by atoms with van der Waals surface area (Å²) in [5.41, 5.74) is -0.590. The van der Waals surface area contributed by atoms with E-state index in [0.29, 0.717) is 34.8 Å². The Hall–Kier alpha value is -4.03. The molecule has 5 rings (SSSR count). The molecule has 0 bridgehead atoms. The minimum absolute atomic E-state index is 0.0946. The second kappa shape index (κ2) is 10.5. The molecule has 40 heavy (non-hydrogen) atoms. The summed E-state index contributed by atoms with van der Waals surface area (Å²) < 4.78 is 124. The number of hydrogen-bond donors (Lipinski definition) is 0. The molecule has 0 aliphatic rings. The van der Waals surface area contributed by atoms with Crippen molar-refractivity contribution >= 4 is 21.6 Å². The summed E-state index contributed by atoms with van der Waals surface area (Å²) in [6.07, 6.45) is -4.76. The summed E-state index contributed by atoms with van der Waals surface area (Å²) in [5.74, 6) is -11.4. The van der Waals surface area contributed by atoms with Crippen molar-refractivity contribution < 1.29 is 44.6 Å². The summed E-state index contributed by atoms with van der Waals surface area (Å²) in [6, 6.07) is 10.4. The van der Waals surface area contributed by atoms with E-state index in [4.69, 9.17) is 4.74 Å². The average molecular weight is 581 g/mol. The third kappa shape index (κ3) is 5.24. The average Bonchev–Trinajstić information content (AvgIpc) is 3.30. The largest absolute Gasteiger partial charge is 0.432 e. The van der Waals surface area contributed by atoms with Crippen molar-refractivity contribution in [1.82, 2.24) is 4.98 Å². The van der Waals surface area contributed by atoms with Gasteiger partial charge in [0.05, 0.1) is 16.8 Å². The Morgan fingerprint density at radius 2 is 1.40 bits per heavy atom. The molecule has 3 nitrogen and oxygen atoms in total. The molecule has 0 unspecified atom stereocenters. The molecule has 0 fully saturated rings. The number of hydrogen-bond acceptors (Lipinski definition) is 4. The van der Waals surface area contributed by atoms with Gasteiger partial charge in [-0.25, -0.2) is 31.3 Å². The van der Waals surface area contributed by atoms with Crippen LogP contribution in [0.3, 0.4) is 0 Å². The number of ether oxygens (including phenoxy) is 2. The van der Waals surface area contributed by atoms with Crippen LogP contribution in [0.5, 0.6) is 5.75 Å². The van der Waals surface area contributed by atoms with E-state index >= 15 is 4.39 Å². The second-order valence-corrected chi connectivity index (χ2v) is 9.61. The van der Waals surface area contributed by atoms with Gasteiger partial charge in [-0.2, -0.15) is 8.78 Å². The van der Waals surface area contributed by atoms with Gasteiger partial charge in [0, 0.05) is 30.4 Å². The van der Waals surface area contributed by atoms with E-state index in [1.54, 1.807) is 13.2 Å². The first-order valence-electron chi connectivity index (χ1n) is 11.4. The maximum absolute atomic E-state index is 15.1. The first kappa shape index (κ1) is 27.5. The van der Waals surface area contributed by atoms with Crippen LogP contribution in [0, 0.1) is 34.9 Å². The predicted octanol–water partition coefficient (Wildman–Crippen LogP) is 8.74. The topological polar surface area (TPSA) is 31.4 Å². The number of rotatable bonds is 7. The van der Waals surface area contributed by atoms with Gasteiger partial charge in [0.2, 0.25) is 0 Å². The number of thiazole rings is 1. The lowest BCUT2D eigenvalue weighted by molar-refractivity contribution is -0.189. The number of nitrogens with zero attached hydrogens (tertiary/aromatic N) is 1. The van der Waals surface area contributed by atoms with Crippen molar-refractivity contribution in [3.63, 3.8) is 0 Å². The first-order chi connectivity index (χ1) is 19.0. The molecule has 0 atom stereocenters. The minimum atomic E-state index is -4.76. The maximum Gasteiger partial charge on any atom is 0.432 e. The SMILES string of the molecule is COCc1ccc2nc(-c3ccc(-c4cc(F)c(C(F)(F)Oc5cc(F)c(F)c(F)c5)c(F)c4)c(F)c3)sc2c1. The van der Waals surface area contributed by atoms with Crippen LogP contribution < -0.4 is 4.74 Å². The molecule has 0 radical (unpaired) electrons. The zero-order valence-corrected chi connectivity index (χ0v) is 21.0. The van der Waals surface area contributed by atoms with E-state index in [2.05, 4.69) is 9.72 Å². The molecule has 0 aliphatic carbocycles. The van der Waals surface area contributed by atoms with E-state index in [-0.39, 0.29) is 17.7 Å². The van der Waals surface area contributed by atoms with E-state index < -0.39 is 57.9 Å². The van der Waals surface area contributed by atoms with Crippen LogP contribution >= 0.6 is 11.3 Å². The Bertz CT molecular complexity index is 1710. The van der Waals surface area contributed by atoms with E-state index in [0.717, 1.165) is 16.3 Å². The summed E-state index contributed by atoms with van der Waals surface area (Å²) in [5, 5.41) is 0.480. The van der Waals surface area contributed by atoms with Gasteiger partial charge >= 0.3 is 6.11 Å². The van der Waals surface area contributed by atoms with Crippen LogP contribution in [-0.2, 0) is 17.5 Å². The zero-order valence-electron chi connectivity index (χ0n) is 20.2. The van der Waals surface area contributed by atoms with E-state index in [9.17, 15) is 30.7 Å². The molecule has 0 aliphatic heterocycles. The number of aromatic nitrogens is 1. The van der Waals surface area contributed by atoms with Crippen molar-refractivity contribution in [1.29, 1.82) is 0 Å². The van der Waals surface area contributed by atoms with Gasteiger partial charge in [0.25, 0.3) is 0 Å². The molecule has 0 saturated carbocycles. The Balaban J connectivity index is 1.45. The maximum atomic E-state index is 15.1. The van der Waals surface area contributed by atoms with E-state index in [1.165, 1.54) is 23.5 Å². The van der Waals surface area contributed by atoms with Crippen LogP contribution in [0.15, 0.2) is 60.7 Å². The monoisotopic (exact) mass is 581 g/mol. The number of fused-ring (bicyclic) bond motifs is 1. The summed E-state index contributed by atoms with van der Waals surface area (Å²) in [4.78, 5) is 4.47. The normalized spacial score (nSPS) is 11.8. The van der Waals surface area contributed by atoms with Crippen LogP contribution in [-0.4, -0.2) is 12.1 Å². The van der Waals surface area contributed by atoms with Gasteiger partial charge in [-0.05, 0) is 41.5 Å². The van der Waals surface area contributed by atoms with E-state index in [1.807, 2.05) is 12.1 Å². The summed E-state index contributed by atoms with van der Waals surface area (Å²) in [6.45, 7) is 0.403. The molecule has 5 aromatic rings. The fourth-order valence-electron chi connectivity index (χ4n) is 4.03. The van der Waals surface area contributed by atoms with Gasteiger partial charge in [0.1, 0.15) is 33.8 Å². The lowest BCUT2D eigenvalue weighted by atomic mass is 10.0.